The van der Waals surface area contributed by atoms with Crippen LogP contribution in [-0.4, -0.2) is 42.0 Å². The maximum atomic E-state index is 14.1. The molecule has 2 N–H and O–H groups in total. The lowest BCUT2D eigenvalue weighted by molar-refractivity contribution is 0.0752. The topological polar surface area (TPSA) is 62.5 Å². The van der Waals surface area contributed by atoms with Crippen LogP contribution in [0.4, 0.5) is 15.8 Å². The van der Waals surface area contributed by atoms with E-state index in [0.29, 0.717) is 42.4 Å². The molecule has 0 saturated carbocycles. The summed E-state index contributed by atoms with van der Waals surface area (Å²) >= 11 is 1.34. The Kier molecular flexibility index (Phi) is 4.55. The summed E-state index contributed by atoms with van der Waals surface area (Å²) in [5.41, 5.74) is 9.50. The van der Waals surface area contributed by atoms with E-state index >= 15 is 0 Å². The molecule has 5 nitrogen and oxygen atoms in total. The number of aromatic nitrogens is 1. The number of nitrogens with two attached hydrogens (primary N) is 1. The number of piperazine rings is 1. The summed E-state index contributed by atoms with van der Waals surface area (Å²) in [6, 6.07) is 14.8. The molecule has 2 aromatic heterocycles. The van der Waals surface area contributed by atoms with Gasteiger partial charge in [0.05, 0.1) is 16.9 Å². The number of carbonyl (C=O) groups is 1. The Morgan fingerprint density at radius 1 is 1.10 bits per heavy atom. The van der Waals surface area contributed by atoms with E-state index in [1.54, 1.807) is 17.0 Å². The van der Waals surface area contributed by atoms with Gasteiger partial charge in [-0.1, -0.05) is 23.8 Å². The van der Waals surface area contributed by atoms with E-state index in [-0.39, 0.29) is 11.7 Å². The number of thiophene rings is 1. The van der Waals surface area contributed by atoms with E-state index in [4.69, 9.17) is 10.7 Å². The summed E-state index contributed by atoms with van der Waals surface area (Å²) in [5, 5.41) is 1.84. The lowest BCUT2D eigenvalue weighted by atomic mass is 10.1. The number of fused-ring (bicyclic) bond motifs is 2. The van der Waals surface area contributed by atoms with Crippen molar-refractivity contribution in [3.05, 3.63) is 64.8 Å². The number of para-hydroxylation sites is 1. The second kappa shape index (κ2) is 7.25. The van der Waals surface area contributed by atoms with Crippen molar-refractivity contribution in [2.45, 2.75) is 6.92 Å². The highest BCUT2D eigenvalue weighted by molar-refractivity contribution is 7.21. The van der Waals surface area contributed by atoms with Crippen LogP contribution >= 0.6 is 11.3 Å². The third-order valence-corrected chi connectivity index (χ3v) is 6.73. The van der Waals surface area contributed by atoms with E-state index in [1.807, 2.05) is 36.1 Å². The molecule has 0 spiro atoms. The van der Waals surface area contributed by atoms with Crippen LogP contribution < -0.4 is 10.6 Å². The summed E-state index contributed by atoms with van der Waals surface area (Å²) in [6.45, 7) is 4.25. The van der Waals surface area contributed by atoms with Crippen LogP contribution in [0.1, 0.15) is 15.2 Å². The van der Waals surface area contributed by atoms with Crippen LogP contribution in [0.3, 0.4) is 0 Å². The summed E-state index contributed by atoms with van der Waals surface area (Å²) < 4.78 is 14.1. The number of aryl methyl sites for hydroxylation is 1. The van der Waals surface area contributed by atoms with Crippen LogP contribution in [-0.2, 0) is 0 Å². The molecule has 0 bridgehead atoms. The van der Waals surface area contributed by atoms with Gasteiger partial charge in [0, 0.05) is 37.0 Å². The molecule has 1 amide bonds. The third kappa shape index (κ3) is 3.15. The number of anilines is 2. The highest BCUT2D eigenvalue weighted by Gasteiger charge is 2.27. The van der Waals surface area contributed by atoms with Crippen molar-refractivity contribution in [2.75, 3.05) is 36.8 Å². The van der Waals surface area contributed by atoms with E-state index in [1.165, 1.54) is 17.4 Å². The first-order chi connectivity index (χ1) is 14.5. The molecular weight excluding hydrogens is 399 g/mol. The molecule has 0 aliphatic carbocycles. The summed E-state index contributed by atoms with van der Waals surface area (Å²) in [4.78, 5) is 23.0. The molecule has 1 saturated heterocycles. The molecule has 0 unspecified atom stereocenters. The maximum Gasteiger partial charge on any atom is 0.266 e. The number of hydrogen-bond acceptors (Lipinski definition) is 5. The Morgan fingerprint density at radius 2 is 1.87 bits per heavy atom. The van der Waals surface area contributed by atoms with Crippen molar-refractivity contribution >= 4 is 49.7 Å². The predicted molar refractivity (Wildman–Crippen MR) is 121 cm³/mol. The van der Waals surface area contributed by atoms with E-state index < -0.39 is 0 Å². The summed E-state index contributed by atoms with van der Waals surface area (Å²) in [6.07, 6.45) is 0. The number of pyridine rings is 1. The zero-order valence-electron chi connectivity index (χ0n) is 16.6. The highest BCUT2D eigenvalue weighted by atomic mass is 32.1. The number of carbonyl (C=O) groups excluding carboxylic acids is 1. The van der Waals surface area contributed by atoms with E-state index in [2.05, 4.69) is 6.07 Å². The van der Waals surface area contributed by atoms with Crippen LogP contribution in [0.5, 0.6) is 0 Å². The van der Waals surface area contributed by atoms with Gasteiger partial charge in [-0.05, 0) is 37.3 Å². The second-order valence-electron chi connectivity index (χ2n) is 7.61. The van der Waals surface area contributed by atoms with Crippen LogP contribution in [0.15, 0.2) is 48.5 Å². The van der Waals surface area contributed by atoms with Gasteiger partial charge in [-0.15, -0.1) is 11.3 Å². The van der Waals surface area contributed by atoms with Gasteiger partial charge in [-0.2, -0.15) is 0 Å². The molecule has 30 heavy (non-hydrogen) atoms. The molecule has 1 fully saturated rings. The Hall–Kier alpha value is -3.19. The fraction of sp³-hybridized carbons (Fsp3) is 0.217. The third-order valence-electron chi connectivity index (χ3n) is 5.62. The minimum Gasteiger partial charge on any atom is -0.397 e. The van der Waals surface area contributed by atoms with Crippen molar-refractivity contribution in [1.82, 2.24) is 9.88 Å². The zero-order chi connectivity index (χ0) is 20.8. The molecule has 7 heteroatoms. The maximum absolute atomic E-state index is 14.1. The first kappa shape index (κ1) is 18.8. The number of amides is 1. The van der Waals surface area contributed by atoms with Gasteiger partial charge < -0.3 is 15.5 Å². The lowest BCUT2D eigenvalue weighted by Crippen LogP contribution is -2.49. The minimum absolute atomic E-state index is 0.0797. The van der Waals surface area contributed by atoms with Gasteiger partial charge in [0.15, 0.2) is 0 Å². The van der Waals surface area contributed by atoms with E-state index in [0.717, 1.165) is 26.7 Å². The Balaban J connectivity index is 1.40. The molecule has 3 heterocycles. The zero-order valence-corrected chi connectivity index (χ0v) is 17.4. The normalized spacial score (nSPS) is 14.6. The molecule has 4 aromatic rings. The van der Waals surface area contributed by atoms with E-state index in [9.17, 15) is 9.18 Å². The first-order valence-corrected chi connectivity index (χ1v) is 10.7. The van der Waals surface area contributed by atoms with Crippen molar-refractivity contribution in [3.63, 3.8) is 0 Å². The second-order valence-corrected chi connectivity index (χ2v) is 8.61. The van der Waals surface area contributed by atoms with Gasteiger partial charge in [-0.25, -0.2) is 9.37 Å². The average molecular weight is 421 g/mol. The first-order valence-electron chi connectivity index (χ1n) is 9.89. The van der Waals surface area contributed by atoms with Gasteiger partial charge in [0.25, 0.3) is 5.91 Å². The lowest BCUT2D eigenvalue weighted by Gasteiger charge is -2.36. The standard InChI is InChI=1S/C23H21FN4OS/c1-14-6-7-18-15(12-14)13-16-20(25)21(30-22(16)26-18)23(29)28-10-8-27(9-11-28)19-5-3-2-4-17(19)24/h2-7,12-13H,8-11,25H2,1H3. The summed E-state index contributed by atoms with van der Waals surface area (Å²) in [7, 11) is 0. The molecule has 2 aromatic carbocycles. The number of rotatable bonds is 2. The molecule has 5 rings (SSSR count). The Bertz CT molecular complexity index is 1280. The van der Waals surface area contributed by atoms with Crippen LogP contribution in [0.2, 0.25) is 0 Å². The van der Waals surface area contributed by atoms with Crippen molar-refractivity contribution in [1.29, 1.82) is 0 Å². The molecule has 0 atom stereocenters. The fourth-order valence-corrected chi connectivity index (χ4v) is 5.04. The van der Waals surface area contributed by atoms with Crippen LogP contribution in [0, 0.1) is 12.7 Å². The van der Waals surface area contributed by atoms with Crippen molar-refractivity contribution < 1.29 is 9.18 Å². The Morgan fingerprint density at radius 3 is 2.63 bits per heavy atom. The van der Waals surface area contributed by atoms with Crippen LogP contribution in [0.25, 0.3) is 21.1 Å². The van der Waals surface area contributed by atoms with Gasteiger partial charge in [-0.3, -0.25) is 4.79 Å². The summed E-state index contributed by atoms with van der Waals surface area (Å²) in [5.74, 6) is -0.316. The SMILES string of the molecule is Cc1ccc2nc3sc(C(=O)N4CCN(c5ccccc5F)CC4)c(N)c3cc2c1. The fourth-order valence-electron chi connectivity index (χ4n) is 3.98. The minimum atomic E-state index is -0.237. The van der Waals surface area contributed by atoms with Gasteiger partial charge in [0.1, 0.15) is 15.5 Å². The molecular formula is C23H21FN4OS. The molecule has 1 aliphatic rings. The molecule has 152 valence electrons. The highest BCUT2D eigenvalue weighted by Crippen LogP contribution is 2.35. The Labute approximate surface area is 177 Å². The van der Waals surface area contributed by atoms with Gasteiger partial charge >= 0.3 is 0 Å². The van der Waals surface area contributed by atoms with Gasteiger partial charge in [0.2, 0.25) is 0 Å². The number of nitrogens with zero attached hydrogens (tertiary/aromatic N) is 3. The van der Waals surface area contributed by atoms with Crippen molar-refractivity contribution in [3.8, 4) is 0 Å². The number of nitrogen functional groups attached to an aromatic ring is 1. The smallest absolute Gasteiger partial charge is 0.266 e. The monoisotopic (exact) mass is 420 g/mol. The molecule has 1 aliphatic heterocycles. The quantitative estimate of drug-likeness (QED) is 0.521. The average Bonchev–Trinajstić information content (AvgIpc) is 3.08. The predicted octanol–water partition coefficient (Wildman–Crippen LogP) is 4.44. The van der Waals surface area contributed by atoms with Crippen molar-refractivity contribution in [2.24, 2.45) is 0 Å². The largest absolute Gasteiger partial charge is 0.397 e. The number of hydrogen-bond donors (Lipinski definition) is 1. The molecule has 0 radical (unpaired) electrons. The number of halogens is 1. The number of benzene rings is 2.